The minimum atomic E-state index is -0.226. The molecule has 29 heavy (non-hydrogen) atoms. The van der Waals surface area contributed by atoms with Gasteiger partial charge in [-0.05, 0) is 55.3 Å². The van der Waals surface area contributed by atoms with Gasteiger partial charge in [0.15, 0.2) is 11.5 Å². The molecule has 0 bridgehead atoms. The quantitative estimate of drug-likeness (QED) is 0.563. The molecule has 0 atom stereocenters. The van der Waals surface area contributed by atoms with Crippen LogP contribution in [0.4, 0.5) is 5.69 Å². The van der Waals surface area contributed by atoms with Crippen molar-refractivity contribution in [1.82, 2.24) is 35.0 Å². The van der Waals surface area contributed by atoms with Gasteiger partial charge in [0.2, 0.25) is 0 Å². The standard InChI is InChI=1S/C20H20N8O/c1-12(2)27-18-14(11-22-27)8-15(10-21-18)20(29)23-16-5-3-4-13(9-16)19-24-25-26-28(19)17-6-7-17/h3-5,8-12,17H,6-7H2,1-2H3,(H,23,29). The number of fused-ring (bicyclic) bond motifs is 1. The normalized spacial score (nSPS) is 13.9. The van der Waals surface area contributed by atoms with Gasteiger partial charge in [-0.15, -0.1) is 5.10 Å². The molecule has 0 aliphatic heterocycles. The molecule has 1 N–H and O–H groups in total. The van der Waals surface area contributed by atoms with Crippen LogP contribution in [0.1, 0.15) is 49.1 Å². The van der Waals surface area contributed by atoms with Crippen LogP contribution in [0.3, 0.4) is 0 Å². The fourth-order valence-electron chi connectivity index (χ4n) is 3.33. The van der Waals surface area contributed by atoms with Crippen molar-refractivity contribution < 1.29 is 4.79 Å². The summed E-state index contributed by atoms with van der Waals surface area (Å²) >= 11 is 0. The number of rotatable bonds is 5. The Balaban J connectivity index is 1.39. The number of anilines is 1. The number of nitrogens with zero attached hydrogens (tertiary/aromatic N) is 7. The highest BCUT2D eigenvalue weighted by atomic mass is 16.1. The summed E-state index contributed by atoms with van der Waals surface area (Å²) in [6.45, 7) is 4.09. The minimum Gasteiger partial charge on any atom is -0.322 e. The number of benzene rings is 1. The van der Waals surface area contributed by atoms with Crippen LogP contribution in [-0.4, -0.2) is 40.9 Å². The molecule has 3 aromatic heterocycles. The molecule has 0 saturated heterocycles. The lowest BCUT2D eigenvalue weighted by Gasteiger charge is -2.09. The smallest absolute Gasteiger partial charge is 0.257 e. The molecule has 1 amide bonds. The van der Waals surface area contributed by atoms with Gasteiger partial charge in [-0.2, -0.15) is 5.10 Å². The van der Waals surface area contributed by atoms with Crippen molar-refractivity contribution in [3.05, 3.63) is 48.3 Å². The summed E-state index contributed by atoms with van der Waals surface area (Å²) < 4.78 is 3.69. The van der Waals surface area contributed by atoms with Gasteiger partial charge in [0.1, 0.15) is 0 Å². The predicted octanol–water partition coefficient (Wildman–Crippen LogP) is 3.25. The molecule has 9 heteroatoms. The van der Waals surface area contributed by atoms with E-state index in [4.69, 9.17) is 0 Å². The summed E-state index contributed by atoms with van der Waals surface area (Å²) in [5.41, 5.74) is 2.79. The summed E-state index contributed by atoms with van der Waals surface area (Å²) in [5, 5.41) is 20.2. The molecule has 1 aliphatic carbocycles. The molecule has 1 aromatic carbocycles. The van der Waals surface area contributed by atoms with E-state index in [2.05, 4.69) is 30.9 Å². The number of hydrogen-bond acceptors (Lipinski definition) is 6. The van der Waals surface area contributed by atoms with Crippen molar-refractivity contribution in [3.63, 3.8) is 0 Å². The summed E-state index contributed by atoms with van der Waals surface area (Å²) in [7, 11) is 0. The molecule has 146 valence electrons. The van der Waals surface area contributed by atoms with E-state index in [0.29, 0.717) is 23.1 Å². The largest absolute Gasteiger partial charge is 0.322 e. The van der Waals surface area contributed by atoms with E-state index in [1.807, 2.05) is 47.5 Å². The second-order valence-electron chi connectivity index (χ2n) is 7.53. The van der Waals surface area contributed by atoms with Crippen molar-refractivity contribution in [1.29, 1.82) is 0 Å². The zero-order valence-electron chi connectivity index (χ0n) is 16.1. The summed E-state index contributed by atoms with van der Waals surface area (Å²) in [6, 6.07) is 9.93. The van der Waals surface area contributed by atoms with Gasteiger partial charge in [-0.3, -0.25) is 4.79 Å². The van der Waals surface area contributed by atoms with Gasteiger partial charge >= 0.3 is 0 Å². The van der Waals surface area contributed by atoms with E-state index in [1.165, 1.54) is 0 Å². The second-order valence-corrected chi connectivity index (χ2v) is 7.53. The molecule has 0 unspecified atom stereocenters. The van der Waals surface area contributed by atoms with Crippen LogP contribution in [-0.2, 0) is 0 Å². The van der Waals surface area contributed by atoms with Gasteiger partial charge in [-0.1, -0.05) is 12.1 Å². The average Bonchev–Trinajstić information content (AvgIpc) is 3.28. The fraction of sp³-hybridized carbons (Fsp3) is 0.300. The zero-order valence-corrected chi connectivity index (χ0v) is 16.1. The summed E-state index contributed by atoms with van der Waals surface area (Å²) in [5.74, 6) is 0.489. The van der Waals surface area contributed by atoms with Crippen molar-refractivity contribution in [2.45, 2.75) is 38.8 Å². The van der Waals surface area contributed by atoms with Crippen molar-refractivity contribution in [2.75, 3.05) is 5.32 Å². The Morgan fingerprint density at radius 2 is 2.07 bits per heavy atom. The molecule has 1 aliphatic rings. The first-order valence-corrected chi connectivity index (χ1v) is 9.63. The third-order valence-electron chi connectivity index (χ3n) is 4.95. The number of hydrogen-bond donors (Lipinski definition) is 1. The lowest BCUT2D eigenvalue weighted by atomic mass is 10.1. The second kappa shape index (κ2) is 6.77. The summed E-state index contributed by atoms with van der Waals surface area (Å²) in [6.07, 6.45) is 5.50. The number of pyridine rings is 1. The highest BCUT2D eigenvalue weighted by molar-refractivity contribution is 6.05. The van der Waals surface area contributed by atoms with Gasteiger partial charge in [0, 0.05) is 28.9 Å². The molecule has 1 fully saturated rings. The Morgan fingerprint density at radius 1 is 1.21 bits per heavy atom. The Bertz CT molecular complexity index is 1200. The topological polar surface area (TPSA) is 103 Å². The van der Waals surface area contributed by atoms with E-state index in [-0.39, 0.29) is 11.9 Å². The van der Waals surface area contributed by atoms with Crippen LogP contribution < -0.4 is 5.32 Å². The van der Waals surface area contributed by atoms with E-state index in [0.717, 1.165) is 29.4 Å². The zero-order chi connectivity index (χ0) is 20.0. The molecular weight excluding hydrogens is 368 g/mol. The Kier molecular flexibility index (Phi) is 4.08. The van der Waals surface area contributed by atoms with Gasteiger partial charge < -0.3 is 5.32 Å². The fourth-order valence-corrected chi connectivity index (χ4v) is 3.33. The highest BCUT2D eigenvalue weighted by Crippen LogP contribution is 2.36. The van der Waals surface area contributed by atoms with E-state index in [1.54, 1.807) is 18.5 Å². The lowest BCUT2D eigenvalue weighted by molar-refractivity contribution is 0.102. The molecular formula is C20H20N8O. The van der Waals surface area contributed by atoms with E-state index >= 15 is 0 Å². The average molecular weight is 388 g/mol. The van der Waals surface area contributed by atoms with Crippen molar-refractivity contribution >= 4 is 22.6 Å². The van der Waals surface area contributed by atoms with Crippen LogP contribution in [0, 0.1) is 0 Å². The lowest BCUT2D eigenvalue weighted by Crippen LogP contribution is -2.12. The number of aromatic nitrogens is 7. The maximum atomic E-state index is 12.8. The predicted molar refractivity (Wildman–Crippen MR) is 107 cm³/mol. The first kappa shape index (κ1) is 17.5. The number of amides is 1. The van der Waals surface area contributed by atoms with Crippen LogP contribution >= 0.6 is 0 Å². The van der Waals surface area contributed by atoms with E-state index < -0.39 is 0 Å². The SMILES string of the molecule is CC(C)n1ncc2cc(C(=O)Nc3cccc(-c4nnnn4C4CC4)c3)cnc21. The van der Waals surface area contributed by atoms with Crippen molar-refractivity contribution in [3.8, 4) is 11.4 Å². The maximum Gasteiger partial charge on any atom is 0.257 e. The Labute approximate surface area is 166 Å². The number of carbonyl (C=O) groups is 1. The van der Waals surface area contributed by atoms with Crippen molar-refractivity contribution in [2.24, 2.45) is 0 Å². The molecule has 3 heterocycles. The van der Waals surface area contributed by atoms with Gasteiger partial charge in [-0.25, -0.2) is 14.3 Å². The van der Waals surface area contributed by atoms with Gasteiger partial charge in [0.05, 0.1) is 17.8 Å². The number of carbonyl (C=O) groups excluding carboxylic acids is 1. The van der Waals surface area contributed by atoms with Crippen LogP contribution in [0.15, 0.2) is 42.7 Å². The third kappa shape index (κ3) is 3.24. The first-order chi connectivity index (χ1) is 14.1. The van der Waals surface area contributed by atoms with E-state index in [9.17, 15) is 4.79 Å². The Morgan fingerprint density at radius 3 is 2.86 bits per heavy atom. The van der Waals surface area contributed by atoms with Crippen LogP contribution in [0.25, 0.3) is 22.4 Å². The third-order valence-corrected chi connectivity index (χ3v) is 4.95. The van der Waals surface area contributed by atoms with Crippen LogP contribution in [0.5, 0.6) is 0 Å². The van der Waals surface area contributed by atoms with Crippen LogP contribution in [0.2, 0.25) is 0 Å². The minimum absolute atomic E-state index is 0.203. The Hall–Kier alpha value is -3.62. The molecule has 9 nitrogen and oxygen atoms in total. The molecule has 1 saturated carbocycles. The van der Waals surface area contributed by atoms with Gasteiger partial charge in [0.25, 0.3) is 5.91 Å². The monoisotopic (exact) mass is 388 g/mol. The molecule has 0 spiro atoms. The molecule has 5 rings (SSSR count). The maximum absolute atomic E-state index is 12.8. The first-order valence-electron chi connectivity index (χ1n) is 9.63. The highest BCUT2D eigenvalue weighted by Gasteiger charge is 2.28. The molecule has 0 radical (unpaired) electrons. The molecule has 4 aromatic rings. The number of nitrogens with one attached hydrogen (secondary N) is 1. The summed E-state index contributed by atoms with van der Waals surface area (Å²) in [4.78, 5) is 17.2. The number of tetrazole rings is 1.